The Morgan fingerprint density at radius 1 is 0.909 bits per heavy atom. The van der Waals surface area contributed by atoms with Crippen LogP contribution in [0.15, 0.2) is 53.0 Å². The molecule has 0 aliphatic rings. The second-order valence-corrected chi connectivity index (χ2v) is 5.88. The van der Waals surface area contributed by atoms with Crippen molar-refractivity contribution in [3.05, 3.63) is 69.2 Å². The quantitative estimate of drug-likeness (QED) is 0.781. The lowest BCUT2D eigenvalue weighted by Crippen LogP contribution is -2.34. The lowest BCUT2D eigenvalue weighted by molar-refractivity contribution is 0.0927. The monoisotopic (exact) mass is 380 g/mol. The molecule has 0 atom stereocenters. The maximum Gasteiger partial charge on any atom is 0.251 e. The molecule has 0 fully saturated rings. The van der Waals surface area contributed by atoms with Crippen molar-refractivity contribution < 1.29 is 9.59 Å². The molecule has 114 valence electrons. The zero-order valence-electron chi connectivity index (χ0n) is 11.6. The van der Waals surface area contributed by atoms with Gasteiger partial charge in [-0.1, -0.05) is 33.6 Å². The molecule has 0 radical (unpaired) electrons. The number of hydrogen-bond acceptors (Lipinski definition) is 2. The van der Waals surface area contributed by atoms with E-state index in [-0.39, 0.29) is 11.8 Å². The van der Waals surface area contributed by atoms with E-state index < -0.39 is 0 Å². The highest BCUT2D eigenvalue weighted by molar-refractivity contribution is 9.10. The highest BCUT2D eigenvalue weighted by atomic mass is 79.9. The van der Waals surface area contributed by atoms with Gasteiger partial charge in [-0.2, -0.15) is 0 Å². The van der Waals surface area contributed by atoms with E-state index in [9.17, 15) is 9.59 Å². The second kappa shape index (κ2) is 7.96. The number of nitrogens with one attached hydrogen (secondary N) is 2. The molecule has 2 rings (SSSR count). The standard InChI is InChI=1S/C16H14BrClN2O2/c17-13-3-1-2-12(10-13)16(22)20-9-8-19-15(21)11-4-6-14(18)7-5-11/h1-7,10H,8-9H2,(H,19,21)(H,20,22). The molecule has 6 heteroatoms. The molecule has 0 unspecified atom stereocenters. The van der Waals surface area contributed by atoms with Crippen LogP contribution in [0.3, 0.4) is 0 Å². The summed E-state index contributed by atoms with van der Waals surface area (Å²) in [6, 6.07) is 13.7. The molecule has 0 bridgehead atoms. The third-order valence-corrected chi connectivity index (χ3v) is 3.63. The van der Waals surface area contributed by atoms with Crippen LogP contribution in [0.5, 0.6) is 0 Å². The third kappa shape index (κ3) is 4.86. The Bertz CT molecular complexity index is 674. The van der Waals surface area contributed by atoms with Crippen molar-refractivity contribution >= 4 is 39.3 Å². The minimum absolute atomic E-state index is 0.179. The van der Waals surface area contributed by atoms with E-state index in [0.717, 1.165) is 4.47 Å². The molecule has 0 aliphatic heterocycles. The van der Waals surface area contributed by atoms with Crippen LogP contribution in [-0.4, -0.2) is 24.9 Å². The number of benzene rings is 2. The molecule has 2 aromatic rings. The average molecular weight is 382 g/mol. The fourth-order valence-electron chi connectivity index (χ4n) is 1.79. The predicted molar refractivity (Wildman–Crippen MR) is 90.3 cm³/mol. The van der Waals surface area contributed by atoms with Crippen molar-refractivity contribution in [2.45, 2.75) is 0 Å². The van der Waals surface area contributed by atoms with Crippen molar-refractivity contribution in [3.8, 4) is 0 Å². The van der Waals surface area contributed by atoms with E-state index in [1.54, 1.807) is 42.5 Å². The Morgan fingerprint density at radius 2 is 1.50 bits per heavy atom. The number of amides is 2. The fourth-order valence-corrected chi connectivity index (χ4v) is 2.31. The lowest BCUT2D eigenvalue weighted by Gasteiger charge is -2.07. The minimum Gasteiger partial charge on any atom is -0.350 e. The predicted octanol–water partition coefficient (Wildman–Crippen LogP) is 3.26. The topological polar surface area (TPSA) is 58.2 Å². The van der Waals surface area contributed by atoms with Crippen LogP contribution in [0.25, 0.3) is 0 Å². The maximum absolute atomic E-state index is 11.9. The summed E-state index contributed by atoms with van der Waals surface area (Å²) >= 11 is 9.08. The van der Waals surface area contributed by atoms with E-state index in [1.807, 2.05) is 6.07 Å². The summed E-state index contributed by atoms with van der Waals surface area (Å²) in [4.78, 5) is 23.7. The SMILES string of the molecule is O=C(NCCNC(=O)c1cccc(Br)c1)c1ccc(Cl)cc1. The van der Waals surface area contributed by atoms with Gasteiger partial charge in [0.25, 0.3) is 11.8 Å². The van der Waals surface area contributed by atoms with Crippen LogP contribution >= 0.6 is 27.5 Å². The Morgan fingerprint density at radius 3 is 2.09 bits per heavy atom. The smallest absolute Gasteiger partial charge is 0.251 e. The average Bonchev–Trinajstić information content (AvgIpc) is 2.51. The van der Waals surface area contributed by atoms with Crippen molar-refractivity contribution in [3.63, 3.8) is 0 Å². The van der Waals surface area contributed by atoms with Crippen LogP contribution in [0.2, 0.25) is 5.02 Å². The first kappa shape index (κ1) is 16.5. The van der Waals surface area contributed by atoms with Gasteiger partial charge in [0.05, 0.1) is 0 Å². The summed E-state index contributed by atoms with van der Waals surface area (Å²) in [5.41, 5.74) is 1.10. The first-order valence-corrected chi connectivity index (χ1v) is 7.81. The Hall–Kier alpha value is -1.85. The molecular weight excluding hydrogens is 368 g/mol. The van der Waals surface area contributed by atoms with Gasteiger partial charge >= 0.3 is 0 Å². The molecule has 2 N–H and O–H groups in total. The number of carbonyl (C=O) groups excluding carboxylic acids is 2. The number of halogens is 2. The fraction of sp³-hybridized carbons (Fsp3) is 0.125. The number of carbonyl (C=O) groups is 2. The summed E-state index contributed by atoms with van der Waals surface area (Å²) in [6.45, 7) is 0.700. The van der Waals surface area contributed by atoms with E-state index >= 15 is 0 Å². The molecule has 22 heavy (non-hydrogen) atoms. The van der Waals surface area contributed by atoms with Gasteiger partial charge in [0.1, 0.15) is 0 Å². The van der Waals surface area contributed by atoms with Gasteiger partial charge in [0, 0.05) is 33.7 Å². The maximum atomic E-state index is 11.9. The molecule has 0 aromatic heterocycles. The van der Waals surface area contributed by atoms with Gasteiger partial charge < -0.3 is 10.6 Å². The third-order valence-electron chi connectivity index (χ3n) is 2.89. The van der Waals surface area contributed by atoms with Crippen LogP contribution < -0.4 is 10.6 Å². The Balaban J connectivity index is 1.76. The van der Waals surface area contributed by atoms with Crippen molar-refractivity contribution in [1.82, 2.24) is 10.6 Å². The van der Waals surface area contributed by atoms with E-state index in [4.69, 9.17) is 11.6 Å². The Labute approximate surface area is 142 Å². The summed E-state index contributed by atoms with van der Waals surface area (Å²) in [5, 5.41) is 6.06. The number of rotatable bonds is 5. The second-order valence-electron chi connectivity index (χ2n) is 4.53. The van der Waals surface area contributed by atoms with Crippen LogP contribution in [0.1, 0.15) is 20.7 Å². The molecule has 0 saturated carbocycles. The largest absolute Gasteiger partial charge is 0.350 e. The molecule has 0 aliphatic carbocycles. The molecule has 4 nitrogen and oxygen atoms in total. The molecule has 0 saturated heterocycles. The minimum atomic E-state index is -0.201. The summed E-state index contributed by atoms with van der Waals surface area (Å²) in [5.74, 6) is -0.379. The number of hydrogen-bond donors (Lipinski definition) is 2. The highest BCUT2D eigenvalue weighted by Gasteiger charge is 2.06. The van der Waals surface area contributed by atoms with Gasteiger partial charge in [-0.25, -0.2) is 0 Å². The van der Waals surface area contributed by atoms with Crippen molar-refractivity contribution in [1.29, 1.82) is 0 Å². The molecule has 2 aromatic carbocycles. The summed E-state index contributed by atoms with van der Waals surface area (Å²) in [6.07, 6.45) is 0. The van der Waals surface area contributed by atoms with Gasteiger partial charge in [0.15, 0.2) is 0 Å². The van der Waals surface area contributed by atoms with Crippen LogP contribution in [-0.2, 0) is 0 Å². The van der Waals surface area contributed by atoms with E-state index in [2.05, 4.69) is 26.6 Å². The van der Waals surface area contributed by atoms with Crippen molar-refractivity contribution in [2.24, 2.45) is 0 Å². The first-order valence-electron chi connectivity index (χ1n) is 6.64. The molecule has 2 amide bonds. The van der Waals surface area contributed by atoms with Gasteiger partial charge in [-0.15, -0.1) is 0 Å². The van der Waals surface area contributed by atoms with Crippen molar-refractivity contribution in [2.75, 3.05) is 13.1 Å². The zero-order chi connectivity index (χ0) is 15.9. The molecule has 0 spiro atoms. The van der Waals surface area contributed by atoms with Gasteiger partial charge in [-0.05, 0) is 42.5 Å². The normalized spacial score (nSPS) is 10.1. The molecular formula is C16H14BrClN2O2. The highest BCUT2D eigenvalue weighted by Crippen LogP contribution is 2.11. The van der Waals surface area contributed by atoms with Crippen LogP contribution in [0.4, 0.5) is 0 Å². The van der Waals surface area contributed by atoms with Gasteiger partial charge in [0.2, 0.25) is 0 Å². The summed E-state index contributed by atoms with van der Waals surface area (Å²) in [7, 11) is 0. The molecule has 0 heterocycles. The first-order chi connectivity index (χ1) is 10.6. The lowest BCUT2D eigenvalue weighted by atomic mass is 10.2. The van der Waals surface area contributed by atoms with Crippen LogP contribution in [0, 0.1) is 0 Å². The van der Waals surface area contributed by atoms with E-state index in [0.29, 0.717) is 29.2 Å². The Kier molecular flexibility index (Phi) is 5.98. The van der Waals surface area contributed by atoms with Gasteiger partial charge in [-0.3, -0.25) is 9.59 Å². The zero-order valence-corrected chi connectivity index (χ0v) is 13.9. The summed E-state index contributed by atoms with van der Waals surface area (Å²) < 4.78 is 0.844. The van der Waals surface area contributed by atoms with E-state index in [1.165, 1.54) is 0 Å².